The average Bonchev–Trinajstić information content (AvgIpc) is 2.19. The van der Waals surface area contributed by atoms with Crippen molar-refractivity contribution in [2.75, 3.05) is 0 Å². The van der Waals surface area contributed by atoms with Crippen molar-refractivity contribution in [3.8, 4) is 0 Å². The maximum Gasteiger partial charge on any atom is 0.402 e. The summed E-state index contributed by atoms with van der Waals surface area (Å²) < 4.78 is 0. The standard InChI is InChI=1S/C3H6O.CH3NO2/c4-3-1-2-3;2-1(3)4/h3-4H,1-2H2;2H2,(H,3,4). The predicted molar refractivity (Wildman–Crippen MR) is 27.5 cm³/mol. The molecule has 0 aromatic heterocycles. The molecule has 0 unspecified atom stereocenters. The van der Waals surface area contributed by atoms with Gasteiger partial charge in [0.05, 0.1) is 6.10 Å². The number of aliphatic hydroxyl groups excluding tert-OH is 1. The van der Waals surface area contributed by atoms with Gasteiger partial charge in [0.15, 0.2) is 0 Å². The third-order valence-corrected chi connectivity index (χ3v) is 0.547. The number of nitrogens with two attached hydrogens (primary N) is 1. The maximum atomic E-state index is 8.78. The Morgan fingerprint density at radius 2 is 1.75 bits per heavy atom. The Balaban J connectivity index is 0.000000122. The molecule has 1 amide bonds. The van der Waals surface area contributed by atoms with Gasteiger partial charge in [0.1, 0.15) is 0 Å². The molecule has 8 heavy (non-hydrogen) atoms. The molecule has 0 aromatic carbocycles. The molecule has 0 heterocycles. The number of aliphatic hydroxyl groups is 1. The highest BCUT2D eigenvalue weighted by Gasteiger charge is 2.15. The topological polar surface area (TPSA) is 83.6 Å². The van der Waals surface area contributed by atoms with E-state index in [2.05, 4.69) is 5.73 Å². The van der Waals surface area contributed by atoms with Gasteiger partial charge in [-0.2, -0.15) is 0 Å². The Hall–Kier alpha value is -0.770. The Morgan fingerprint density at radius 3 is 1.75 bits per heavy atom. The van der Waals surface area contributed by atoms with Crippen molar-refractivity contribution in [1.82, 2.24) is 0 Å². The minimum Gasteiger partial charge on any atom is -0.465 e. The highest BCUT2D eigenvalue weighted by atomic mass is 16.4. The summed E-state index contributed by atoms with van der Waals surface area (Å²) in [5.74, 6) is 0. The van der Waals surface area contributed by atoms with E-state index in [4.69, 9.17) is 15.0 Å². The SMILES string of the molecule is NC(=O)O.OC1CC1. The zero-order valence-electron chi connectivity index (χ0n) is 4.37. The molecule has 0 radical (unpaired) electrons. The van der Waals surface area contributed by atoms with E-state index >= 15 is 0 Å². The lowest BCUT2D eigenvalue weighted by atomic mass is 10.9. The number of primary amides is 1. The Labute approximate surface area is 46.9 Å². The van der Waals surface area contributed by atoms with Crippen LogP contribution in [0.4, 0.5) is 4.79 Å². The van der Waals surface area contributed by atoms with E-state index in [0.717, 1.165) is 12.8 Å². The summed E-state index contributed by atoms with van der Waals surface area (Å²) in [7, 11) is 0. The van der Waals surface area contributed by atoms with Crippen molar-refractivity contribution >= 4 is 6.09 Å². The first kappa shape index (κ1) is 7.23. The van der Waals surface area contributed by atoms with E-state index in [1.807, 2.05) is 0 Å². The Bertz CT molecular complexity index is 75.4. The molecule has 0 spiro atoms. The van der Waals surface area contributed by atoms with Gasteiger partial charge >= 0.3 is 6.09 Å². The number of hydrogen-bond donors (Lipinski definition) is 3. The van der Waals surface area contributed by atoms with Crippen LogP contribution in [-0.2, 0) is 0 Å². The zero-order chi connectivity index (χ0) is 6.57. The largest absolute Gasteiger partial charge is 0.465 e. The fraction of sp³-hybridized carbons (Fsp3) is 0.750. The molecule has 48 valence electrons. The molecule has 1 aliphatic rings. The molecule has 0 aliphatic heterocycles. The monoisotopic (exact) mass is 119 g/mol. The van der Waals surface area contributed by atoms with Gasteiger partial charge in [0.25, 0.3) is 0 Å². The fourth-order valence-corrected chi connectivity index (χ4v) is 0.0745. The number of rotatable bonds is 0. The normalized spacial score (nSPS) is 16.1. The molecular formula is C4H9NO3. The number of carboxylic acid groups (broad SMARTS) is 1. The number of amides is 1. The second-order valence-corrected chi connectivity index (χ2v) is 1.57. The molecule has 1 aliphatic carbocycles. The van der Waals surface area contributed by atoms with Crippen LogP contribution in [0.15, 0.2) is 0 Å². The van der Waals surface area contributed by atoms with Crippen molar-refractivity contribution in [2.24, 2.45) is 5.73 Å². The van der Waals surface area contributed by atoms with Crippen molar-refractivity contribution < 1.29 is 15.0 Å². The summed E-state index contributed by atoms with van der Waals surface area (Å²) in [5, 5.41) is 15.4. The average molecular weight is 119 g/mol. The van der Waals surface area contributed by atoms with Gasteiger partial charge in [0, 0.05) is 0 Å². The summed E-state index contributed by atoms with van der Waals surface area (Å²) in [4.78, 5) is 8.78. The predicted octanol–water partition coefficient (Wildman–Crippen LogP) is -0.236. The van der Waals surface area contributed by atoms with Gasteiger partial charge in [0.2, 0.25) is 0 Å². The summed E-state index contributed by atoms with van der Waals surface area (Å²) in [6.07, 6.45) is 0.833. The van der Waals surface area contributed by atoms with E-state index in [0.29, 0.717) is 0 Å². The Morgan fingerprint density at radius 1 is 1.62 bits per heavy atom. The molecule has 4 N–H and O–H groups in total. The molecule has 0 atom stereocenters. The highest BCUT2D eigenvalue weighted by Crippen LogP contribution is 2.16. The fourth-order valence-electron chi connectivity index (χ4n) is 0.0745. The van der Waals surface area contributed by atoms with Crippen LogP contribution in [0.1, 0.15) is 12.8 Å². The molecule has 4 heteroatoms. The van der Waals surface area contributed by atoms with Crippen LogP contribution in [-0.4, -0.2) is 22.4 Å². The first-order valence-electron chi connectivity index (χ1n) is 2.29. The summed E-state index contributed by atoms with van der Waals surface area (Å²) >= 11 is 0. The van der Waals surface area contributed by atoms with Gasteiger partial charge in [-0.25, -0.2) is 4.79 Å². The quantitative estimate of drug-likeness (QED) is 0.411. The summed E-state index contributed by atoms with van der Waals surface area (Å²) in [5.41, 5.74) is 4.03. The van der Waals surface area contributed by atoms with Crippen molar-refractivity contribution in [3.63, 3.8) is 0 Å². The smallest absolute Gasteiger partial charge is 0.402 e. The van der Waals surface area contributed by atoms with E-state index in [1.165, 1.54) is 0 Å². The van der Waals surface area contributed by atoms with Crippen molar-refractivity contribution in [3.05, 3.63) is 0 Å². The van der Waals surface area contributed by atoms with Crippen molar-refractivity contribution in [1.29, 1.82) is 0 Å². The van der Waals surface area contributed by atoms with Crippen LogP contribution in [0.25, 0.3) is 0 Å². The first-order chi connectivity index (χ1) is 3.63. The third-order valence-electron chi connectivity index (χ3n) is 0.547. The van der Waals surface area contributed by atoms with Crippen LogP contribution < -0.4 is 5.73 Å². The minimum atomic E-state index is -1.33. The van der Waals surface area contributed by atoms with Gasteiger partial charge < -0.3 is 15.9 Å². The summed E-state index contributed by atoms with van der Waals surface area (Å²) in [6, 6.07) is 0. The van der Waals surface area contributed by atoms with Gasteiger partial charge in [-0.15, -0.1) is 0 Å². The molecular weight excluding hydrogens is 110 g/mol. The molecule has 1 fully saturated rings. The van der Waals surface area contributed by atoms with E-state index in [-0.39, 0.29) is 6.10 Å². The second-order valence-electron chi connectivity index (χ2n) is 1.57. The maximum absolute atomic E-state index is 8.78. The second kappa shape index (κ2) is 3.26. The number of carbonyl (C=O) groups is 1. The molecule has 4 nitrogen and oxygen atoms in total. The highest BCUT2D eigenvalue weighted by molar-refractivity contribution is 5.61. The van der Waals surface area contributed by atoms with E-state index in [9.17, 15) is 0 Å². The van der Waals surface area contributed by atoms with Crippen LogP contribution in [0.2, 0.25) is 0 Å². The van der Waals surface area contributed by atoms with Crippen LogP contribution in [0.5, 0.6) is 0 Å². The zero-order valence-corrected chi connectivity index (χ0v) is 4.37. The molecule has 1 rings (SSSR count). The van der Waals surface area contributed by atoms with E-state index in [1.54, 1.807) is 0 Å². The van der Waals surface area contributed by atoms with Crippen LogP contribution in [0, 0.1) is 0 Å². The van der Waals surface area contributed by atoms with E-state index < -0.39 is 6.09 Å². The van der Waals surface area contributed by atoms with Gasteiger partial charge in [-0.05, 0) is 12.8 Å². The van der Waals surface area contributed by atoms with Crippen molar-refractivity contribution in [2.45, 2.75) is 18.9 Å². The third kappa shape index (κ3) is 18.8. The molecule has 1 saturated carbocycles. The Kier molecular flexibility index (Phi) is 2.95. The molecule has 0 bridgehead atoms. The lowest BCUT2D eigenvalue weighted by molar-refractivity contribution is 0.205. The minimum absolute atomic E-state index is 0.0833. The first-order valence-corrected chi connectivity index (χ1v) is 2.29. The lowest BCUT2D eigenvalue weighted by Crippen LogP contribution is -2.03. The lowest BCUT2D eigenvalue weighted by Gasteiger charge is -1.61. The van der Waals surface area contributed by atoms with Gasteiger partial charge in [-0.3, -0.25) is 0 Å². The molecule has 0 aromatic rings. The van der Waals surface area contributed by atoms with Gasteiger partial charge in [-0.1, -0.05) is 0 Å². The molecule has 0 saturated heterocycles. The summed E-state index contributed by atoms with van der Waals surface area (Å²) in [6.45, 7) is 0. The number of hydrogen-bond acceptors (Lipinski definition) is 2. The van der Waals surface area contributed by atoms with Crippen LogP contribution >= 0.6 is 0 Å². The van der Waals surface area contributed by atoms with Crippen LogP contribution in [0.3, 0.4) is 0 Å².